The van der Waals surface area contributed by atoms with E-state index in [0.29, 0.717) is 16.9 Å². The summed E-state index contributed by atoms with van der Waals surface area (Å²) in [5.41, 5.74) is 12.0. The molecule has 0 aromatic carbocycles. The molecule has 0 aliphatic heterocycles. The van der Waals surface area contributed by atoms with Gasteiger partial charge in [0.1, 0.15) is 0 Å². The van der Waals surface area contributed by atoms with E-state index in [4.69, 9.17) is 11.5 Å². The Morgan fingerprint density at radius 3 is 2.00 bits per heavy atom. The van der Waals surface area contributed by atoms with Gasteiger partial charge in [-0.2, -0.15) is 0 Å². The summed E-state index contributed by atoms with van der Waals surface area (Å²) in [5.74, 6) is 0. The Balaban J connectivity index is 2.33. The molecule has 1 saturated carbocycles. The van der Waals surface area contributed by atoms with Gasteiger partial charge in [0.25, 0.3) is 0 Å². The lowest BCUT2D eigenvalue weighted by Gasteiger charge is -2.16. The third-order valence-electron chi connectivity index (χ3n) is 3.04. The van der Waals surface area contributed by atoms with Crippen molar-refractivity contribution in [3.8, 4) is 0 Å². The standard InChI is InChI=1S/C11H23BrN2/c12-9-4-1-2-6-10(13)8-11(14)7-3-5-9/h9-11H,1-8,13-14H2/t9?,10-,11?/m0/s1. The van der Waals surface area contributed by atoms with Crippen LogP contribution in [0.2, 0.25) is 0 Å². The van der Waals surface area contributed by atoms with Crippen molar-refractivity contribution in [2.45, 2.75) is 68.3 Å². The molecule has 3 atom stereocenters. The van der Waals surface area contributed by atoms with Crippen LogP contribution in [0.1, 0.15) is 51.4 Å². The molecule has 1 rings (SSSR count). The molecule has 0 saturated heterocycles. The summed E-state index contributed by atoms with van der Waals surface area (Å²) in [4.78, 5) is 0.698. The third kappa shape index (κ3) is 5.32. The minimum absolute atomic E-state index is 0.322. The average Bonchev–Trinajstić information content (AvgIpc) is 2.13. The Hall–Kier alpha value is 0.400. The first-order valence-corrected chi connectivity index (χ1v) is 6.75. The average molecular weight is 263 g/mol. The molecule has 1 aliphatic rings. The predicted octanol–water partition coefficient (Wildman–Crippen LogP) is 2.54. The molecule has 2 unspecified atom stereocenters. The summed E-state index contributed by atoms with van der Waals surface area (Å²) in [6.07, 6.45) is 9.65. The second-order valence-electron chi connectivity index (χ2n) is 4.57. The Labute approximate surface area is 95.9 Å². The predicted molar refractivity (Wildman–Crippen MR) is 65.6 cm³/mol. The first-order chi connectivity index (χ1) is 6.68. The van der Waals surface area contributed by atoms with Gasteiger partial charge in [-0.05, 0) is 32.1 Å². The van der Waals surface area contributed by atoms with Crippen LogP contribution in [0.15, 0.2) is 0 Å². The molecule has 0 aromatic rings. The van der Waals surface area contributed by atoms with Gasteiger partial charge in [0.15, 0.2) is 0 Å². The highest BCUT2D eigenvalue weighted by atomic mass is 79.9. The molecular formula is C11H23BrN2. The van der Waals surface area contributed by atoms with E-state index in [-0.39, 0.29) is 0 Å². The zero-order valence-corrected chi connectivity index (χ0v) is 10.5. The number of hydrogen-bond acceptors (Lipinski definition) is 2. The molecule has 0 radical (unpaired) electrons. The van der Waals surface area contributed by atoms with Gasteiger partial charge < -0.3 is 11.5 Å². The van der Waals surface area contributed by atoms with Gasteiger partial charge in [-0.25, -0.2) is 0 Å². The maximum atomic E-state index is 6.02. The fourth-order valence-corrected chi connectivity index (χ4v) is 2.79. The van der Waals surface area contributed by atoms with Gasteiger partial charge in [-0.1, -0.05) is 35.2 Å². The van der Waals surface area contributed by atoms with Crippen molar-refractivity contribution >= 4 is 15.9 Å². The molecule has 0 spiro atoms. The Morgan fingerprint density at radius 1 is 0.786 bits per heavy atom. The van der Waals surface area contributed by atoms with Crippen LogP contribution >= 0.6 is 15.9 Å². The fourth-order valence-electron chi connectivity index (χ4n) is 2.14. The second kappa shape index (κ2) is 6.81. The number of hydrogen-bond donors (Lipinski definition) is 2. The lowest BCUT2D eigenvalue weighted by atomic mass is 10.0. The van der Waals surface area contributed by atoms with Crippen LogP contribution in [-0.4, -0.2) is 16.9 Å². The summed E-state index contributed by atoms with van der Waals surface area (Å²) < 4.78 is 0. The third-order valence-corrected chi connectivity index (χ3v) is 3.96. The Morgan fingerprint density at radius 2 is 1.29 bits per heavy atom. The van der Waals surface area contributed by atoms with Gasteiger partial charge in [0.05, 0.1) is 0 Å². The van der Waals surface area contributed by atoms with Crippen molar-refractivity contribution in [2.24, 2.45) is 11.5 Å². The second-order valence-corrected chi connectivity index (χ2v) is 5.86. The molecule has 1 aliphatic carbocycles. The summed E-state index contributed by atoms with van der Waals surface area (Å²) in [6.45, 7) is 0. The molecule has 84 valence electrons. The minimum atomic E-state index is 0.322. The summed E-state index contributed by atoms with van der Waals surface area (Å²) in [6, 6.07) is 0.652. The Bertz CT molecular complexity index is 152. The van der Waals surface area contributed by atoms with Gasteiger partial charge >= 0.3 is 0 Å². The first kappa shape index (κ1) is 12.5. The molecule has 0 amide bonds. The van der Waals surface area contributed by atoms with Crippen LogP contribution in [0.3, 0.4) is 0 Å². The van der Waals surface area contributed by atoms with Crippen molar-refractivity contribution in [1.82, 2.24) is 0 Å². The molecule has 0 bridgehead atoms. The highest BCUT2D eigenvalue weighted by molar-refractivity contribution is 9.09. The van der Waals surface area contributed by atoms with Gasteiger partial charge in [0, 0.05) is 16.9 Å². The van der Waals surface area contributed by atoms with E-state index in [2.05, 4.69) is 15.9 Å². The van der Waals surface area contributed by atoms with Crippen molar-refractivity contribution in [3.05, 3.63) is 0 Å². The topological polar surface area (TPSA) is 52.0 Å². The van der Waals surface area contributed by atoms with Gasteiger partial charge in [0.2, 0.25) is 0 Å². The van der Waals surface area contributed by atoms with Crippen molar-refractivity contribution in [2.75, 3.05) is 0 Å². The SMILES string of the molecule is NC1CCCC(Br)CCCC[C@H](N)C1. The van der Waals surface area contributed by atoms with E-state index in [0.717, 1.165) is 19.3 Å². The monoisotopic (exact) mass is 262 g/mol. The summed E-state index contributed by atoms with van der Waals surface area (Å²) in [5, 5.41) is 0. The van der Waals surface area contributed by atoms with Crippen LogP contribution in [-0.2, 0) is 0 Å². The molecule has 14 heavy (non-hydrogen) atoms. The van der Waals surface area contributed by atoms with Crippen LogP contribution in [0.4, 0.5) is 0 Å². The highest BCUT2D eigenvalue weighted by Crippen LogP contribution is 2.20. The maximum absolute atomic E-state index is 6.02. The summed E-state index contributed by atoms with van der Waals surface area (Å²) >= 11 is 3.72. The van der Waals surface area contributed by atoms with Gasteiger partial charge in [-0.3, -0.25) is 0 Å². The first-order valence-electron chi connectivity index (χ1n) is 5.83. The quantitative estimate of drug-likeness (QED) is 0.660. The molecule has 3 heteroatoms. The van der Waals surface area contributed by atoms with E-state index < -0.39 is 0 Å². The zero-order chi connectivity index (χ0) is 10.4. The van der Waals surface area contributed by atoms with Crippen molar-refractivity contribution in [3.63, 3.8) is 0 Å². The fraction of sp³-hybridized carbons (Fsp3) is 1.00. The van der Waals surface area contributed by atoms with Gasteiger partial charge in [-0.15, -0.1) is 0 Å². The lowest BCUT2D eigenvalue weighted by molar-refractivity contribution is 0.462. The number of halogens is 1. The van der Waals surface area contributed by atoms with Crippen LogP contribution in [0.5, 0.6) is 0 Å². The molecular weight excluding hydrogens is 240 g/mol. The minimum Gasteiger partial charge on any atom is -0.328 e. The Kier molecular flexibility index (Phi) is 6.06. The molecule has 0 heterocycles. The zero-order valence-electron chi connectivity index (χ0n) is 8.92. The number of rotatable bonds is 0. The maximum Gasteiger partial charge on any atom is 0.0145 e. The van der Waals surface area contributed by atoms with Crippen molar-refractivity contribution < 1.29 is 0 Å². The van der Waals surface area contributed by atoms with E-state index in [9.17, 15) is 0 Å². The van der Waals surface area contributed by atoms with Crippen molar-refractivity contribution in [1.29, 1.82) is 0 Å². The molecule has 2 nitrogen and oxygen atoms in total. The van der Waals surface area contributed by atoms with E-state index in [1.807, 2.05) is 0 Å². The van der Waals surface area contributed by atoms with E-state index in [1.165, 1.54) is 32.1 Å². The van der Waals surface area contributed by atoms with E-state index in [1.54, 1.807) is 0 Å². The normalized spacial score (nSPS) is 37.5. The summed E-state index contributed by atoms with van der Waals surface area (Å²) in [7, 11) is 0. The molecule has 0 aromatic heterocycles. The molecule has 1 fully saturated rings. The largest absolute Gasteiger partial charge is 0.328 e. The van der Waals surface area contributed by atoms with Crippen LogP contribution in [0.25, 0.3) is 0 Å². The van der Waals surface area contributed by atoms with Crippen LogP contribution in [0, 0.1) is 0 Å². The number of nitrogens with two attached hydrogens (primary N) is 2. The van der Waals surface area contributed by atoms with Crippen LogP contribution < -0.4 is 11.5 Å². The number of alkyl halides is 1. The molecule has 4 N–H and O–H groups in total. The smallest absolute Gasteiger partial charge is 0.0145 e. The van der Waals surface area contributed by atoms with E-state index >= 15 is 0 Å². The highest BCUT2D eigenvalue weighted by Gasteiger charge is 2.13. The lowest BCUT2D eigenvalue weighted by Crippen LogP contribution is -2.31.